The Morgan fingerprint density at radius 2 is 2.00 bits per heavy atom. The standard InChI is InChI=1S/C12H15BrO/c13-11-7-3-6-10(8-11)12(14)9-4-1-2-5-9/h3,6-9,12,14H,1-2,4-5H2/t12-/m0/s1. The Morgan fingerprint density at radius 3 is 2.64 bits per heavy atom. The van der Waals surface area contributed by atoms with Crippen LogP contribution in [0.15, 0.2) is 28.7 Å². The molecule has 1 aromatic rings. The van der Waals surface area contributed by atoms with Crippen LogP contribution in [0.4, 0.5) is 0 Å². The monoisotopic (exact) mass is 254 g/mol. The molecular weight excluding hydrogens is 240 g/mol. The first-order valence-corrected chi connectivity index (χ1v) is 6.00. The number of halogens is 1. The molecule has 1 nitrogen and oxygen atoms in total. The van der Waals surface area contributed by atoms with Crippen molar-refractivity contribution in [3.63, 3.8) is 0 Å². The summed E-state index contributed by atoms with van der Waals surface area (Å²) in [5.74, 6) is 0.476. The van der Waals surface area contributed by atoms with Crippen LogP contribution < -0.4 is 0 Å². The third-order valence-electron chi connectivity index (χ3n) is 3.04. The van der Waals surface area contributed by atoms with Gasteiger partial charge in [-0.15, -0.1) is 0 Å². The van der Waals surface area contributed by atoms with Crippen LogP contribution in [-0.2, 0) is 0 Å². The lowest BCUT2D eigenvalue weighted by atomic mass is 9.95. The van der Waals surface area contributed by atoms with Crippen molar-refractivity contribution in [2.24, 2.45) is 5.92 Å². The summed E-state index contributed by atoms with van der Waals surface area (Å²) in [5, 5.41) is 10.1. The van der Waals surface area contributed by atoms with Gasteiger partial charge in [0.2, 0.25) is 0 Å². The van der Waals surface area contributed by atoms with Crippen LogP contribution in [0.1, 0.15) is 37.4 Å². The maximum Gasteiger partial charge on any atom is 0.0818 e. The Hall–Kier alpha value is -0.340. The van der Waals surface area contributed by atoms with Gasteiger partial charge in [0.05, 0.1) is 6.10 Å². The normalized spacial score (nSPS) is 19.9. The number of hydrogen-bond acceptors (Lipinski definition) is 1. The Kier molecular flexibility index (Phi) is 3.24. The van der Waals surface area contributed by atoms with E-state index in [4.69, 9.17) is 0 Å². The molecule has 0 spiro atoms. The van der Waals surface area contributed by atoms with Crippen molar-refractivity contribution in [3.05, 3.63) is 34.3 Å². The lowest BCUT2D eigenvalue weighted by Gasteiger charge is -2.17. The summed E-state index contributed by atoms with van der Waals surface area (Å²) in [6, 6.07) is 8.00. The first-order chi connectivity index (χ1) is 6.77. The molecule has 1 fully saturated rings. The zero-order valence-electron chi connectivity index (χ0n) is 8.12. The van der Waals surface area contributed by atoms with Crippen LogP contribution >= 0.6 is 15.9 Å². The summed E-state index contributed by atoms with van der Waals surface area (Å²) in [5.41, 5.74) is 1.05. The zero-order valence-corrected chi connectivity index (χ0v) is 9.70. The Labute approximate surface area is 93.3 Å². The molecule has 0 aromatic heterocycles. The van der Waals surface area contributed by atoms with Crippen molar-refractivity contribution in [3.8, 4) is 0 Å². The lowest BCUT2D eigenvalue weighted by molar-refractivity contribution is 0.111. The van der Waals surface area contributed by atoms with Crippen molar-refractivity contribution < 1.29 is 5.11 Å². The molecule has 0 saturated heterocycles. The van der Waals surface area contributed by atoms with Crippen LogP contribution in [0.3, 0.4) is 0 Å². The van der Waals surface area contributed by atoms with Crippen LogP contribution in [0.2, 0.25) is 0 Å². The molecule has 0 unspecified atom stereocenters. The summed E-state index contributed by atoms with van der Waals surface area (Å²) >= 11 is 3.43. The molecule has 0 heterocycles. The van der Waals surface area contributed by atoms with Gasteiger partial charge >= 0.3 is 0 Å². The van der Waals surface area contributed by atoms with E-state index in [0.29, 0.717) is 5.92 Å². The molecule has 1 N–H and O–H groups in total. The van der Waals surface area contributed by atoms with Gasteiger partial charge in [0, 0.05) is 4.47 Å². The highest BCUT2D eigenvalue weighted by molar-refractivity contribution is 9.10. The number of rotatable bonds is 2. The van der Waals surface area contributed by atoms with Crippen molar-refractivity contribution in [2.75, 3.05) is 0 Å². The van der Waals surface area contributed by atoms with Crippen LogP contribution in [-0.4, -0.2) is 5.11 Å². The molecule has 14 heavy (non-hydrogen) atoms. The summed E-state index contributed by atoms with van der Waals surface area (Å²) in [7, 11) is 0. The van der Waals surface area contributed by atoms with Crippen molar-refractivity contribution >= 4 is 15.9 Å². The van der Waals surface area contributed by atoms with E-state index in [1.807, 2.05) is 24.3 Å². The molecule has 1 aromatic carbocycles. The van der Waals surface area contributed by atoms with E-state index >= 15 is 0 Å². The summed E-state index contributed by atoms with van der Waals surface area (Å²) in [6.07, 6.45) is 4.63. The molecule has 1 saturated carbocycles. The second-order valence-electron chi connectivity index (χ2n) is 4.04. The van der Waals surface area contributed by atoms with E-state index in [1.165, 1.54) is 25.7 Å². The highest BCUT2D eigenvalue weighted by Crippen LogP contribution is 2.35. The van der Waals surface area contributed by atoms with Gasteiger partial charge in [-0.3, -0.25) is 0 Å². The van der Waals surface area contributed by atoms with E-state index in [-0.39, 0.29) is 6.10 Å². The Morgan fingerprint density at radius 1 is 1.29 bits per heavy atom. The topological polar surface area (TPSA) is 20.2 Å². The largest absolute Gasteiger partial charge is 0.388 e. The lowest BCUT2D eigenvalue weighted by Crippen LogP contribution is -2.08. The summed E-state index contributed by atoms with van der Waals surface area (Å²) in [4.78, 5) is 0. The fourth-order valence-corrected chi connectivity index (χ4v) is 2.65. The average molecular weight is 255 g/mol. The Bertz CT molecular complexity index is 305. The van der Waals surface area contributed by atoms with Crippen molar-refractivity contribution in [1.29, 1.82) is 0 Å². The van der Waals surface area contributed by atoms with Crippen LogP contribution in [0.5, 0.6) is 0 Å². The van der Waals surface area contributed by atoms with Gasteiger partial charge in [-0.2, -0.15) is 0 Å². The fraction of sp³-hybridized carbons (Fsp3) is 0.500. The highest BCUT2D eigenvalue weighted by atomic mass is 79.9. The van der Waals surface area contributed by atoms with Gasteiger partial charge in [0.15, 0.2) is 0 Å². The van der Waals surface area contributed by atoms with Crippen LogP contribution in [0, 0.1) is 5.92 Å². The van der Waals surface area contributed by atoms with Gasteiger partial charge < -0.3 is 5.11 Å². The predicted molar refractivity (Wildman–Crippen MR) is 61.1 cm³/mol. The number of aliphatic hydroxyl groups is 1. The minimum absolute atomic E-state index is 0.269. The van der Waals surface area contributed by atoms with Gasteiger partial charge in [-0.1, -0.05) is 40.9 Å². The molecule has 0 radical (unpaired) electrons. The smallest absolute Gasteiger partial charge is 0.0818 e. The first-order valence-electron chi connectivity index (χ1n) is 5.21. The number of hydrogen-bond donors (Lipinski definition) is 1. The first kappa shape index (κ1) is 10.2. The SMILES string of the molecule is O[C@H](c1cccc(Br)c1)C1CCCC1. The molecular formula is C12H15BrO. The van der Waals surface area contributed by atoms with Gasteiger partial charge in [0.25, 0.3) is 0 Å². The third kappa shape index (κ3) is 2.18. The minimum Gasteiger partial charge on any atom is -0.388 e. The maximum absolute atomic E-state index is 10.1. The maximum atomic E-state index is 10.1. The van der Waals surface area contributed by atoms with Crippen LogP contribution in [0.25, 0.3) is 0 Å². The summed E-state index contributed by atoms with van der Waals surface area (Å²) in [6.45, 7) is 0. The molecule has 2 heteroatoms. The van der Waals surface area contributed by atoms with Gasteiger partial charge in [-0.05, 0) is 36.5 Å². The summed E-state index contributed by atoms with van der Waals surface area (Å²) < 4.78 is 1.05. The Balaban J connectivity index is 2.13. The number of aliphatic hydroxyl groups excluding tert-OH is 1. The third-order valence-corrected chi connectivity index (χ3v) is 3.53. The van der Waals surface area contributed by atoms with E-state index in [1.54, 1.807) is 0 Å². The molecule has 1 aliphatic carbocycles. The van der Waals surface area contributed by atoms with Crippen molar-refractivity contribution in [2.45, 2.75) is 31.8 Å². The van der Waals surface area contributed by atoms with E-state index in [2.05, 4.69) is 15.9 Å². The zero-order chi connectivity index (χ0) is 9.97. The van der Waals surface area contributed by atoms with E-state index in [0.717, 1.165) is 10.0 Å². The van der Waals surface area contributed by atoms with E-state index in [9.17, 15) is 5.11 Å². The molecule has 0 bridgehead atoms. The second kappa shape index (κ2) is 4.45. The molecule has 0 amide bonds. The quantitative estimate of drug-likeness (QED) is 0.854. The molecule has 0 aliphatic heterocycles. The highest BCUT2D eigenvalue weighted by Gasteiger charge is 2.24. The van der Waals surface area contributed by atoms with Crippen molar-refractivity contribution in [1.82, 2.24) is 0 Å². The van der Waals surface area contributed by atoms with E-state index < -0.39 is 0 Å². The fourth-order valence-electron chi connectivity index (χ4n) is 2.24. The molecule has 1 aliphatic rings. The predicted octanol–water partition coefficient (Wildman–Crippen LogP) is 3.67. The van der Waals surface area contributed by atoms with Gasteiger partial charge in [0.1, 0.15) is 0 Å². The molecule has 1 atom stereocenters. The minimum atomic E-state index is -0.269. The number of benzene rings is 1. The molecule has 2 rings (SSSR count). The molecule has 76 valence electrons. The second-order valence-corrected chi connectivity index (χ2v) is 4.96. The average Bonchev–Trinajstić information content (AvgIpc) is 2.69. The van der Waals surface area contributed by atoms with Gasteiger partial charge in [-0.25, -0.2) is 0 Å².